The topological polar surface area (TPSA) is 151 Å². The normalized spacial score (nSPS) is 18.7. The lowest BCUT2D eigenvalue weighted by Crippen LogP contribution is -2.53. The summed E-state index contributed by atoms with van der Waals surface area (Å²) in [7, 11) is 0. The third kappa shape index (κ3) is 5.88. The van der Waals surface area contributed by atoms with Gasteiger partial charge < -0.3 is 22.1 Å². The van der Waals surface area contributed by atoms with Crippen LogP contribution < -0.4 is 33.0 Å². The van der Waals surface area contributed by atoms with Crippen molar-refractivity contribution in [1.29, 1.82) is 0 Å². The van der Waals surface area contributed by atoms with Gasteiger partial charge in [-0.2, -0.15) is 0 Å². The average Bonchev–Trinajstić information content (AvgIpc) is 2.75. The zero-order valence-electron chi connectivity index (χ0n) is 17.1. The predicted molar refractivity (Wildman–Crippen MR) is 118 cm³/mol. The van der Waals surface area contributed by atoms with Gasteiger partial charge in [-0.3, -0.25) is 15.1 Å². The Balaban J connectivity index is 1.60. The molecule has 1 aromatic carbocycles. The van der Waals surface area contributed by atoms with E-state index in [0.29, 0.717) is 18.7 Å². The number of aromatic amines is 1. The van der Waals surface area contributed by atoms with E-state index in [4.69, 9.17) is 11.5 Å². The zero-order chi connectivity index (χ0) is 21.3. The van der Waals surface area contributed by atoms with Gasteiger partial charge in [0.05, 0.1) is 5.56 Å². The highest BCUT2D eigenvalue weighted by Crippen LogP contribution is 2.19. The van der Waals surface area contributed by atoms with Crippen LogP contribution in [0, 0.1) is 0 Å². The second-order valence-electron chi connectivity index (χ2n) is 7.57. The minimum absolute atomic E-state index is 0.0311. The van der Waals surface area contributed by atoms with Crippen molar-refractivity contribution in [3.63, 3.8) is 0 Å². The third-order valence-corrected chi connectivity index (χ3v) is 5.40. The van der Waals surface area contributed by atoms with Crippen LogP contribution in [0.25, 0.3) is 11.1 Å². The maximum absolute atomic E-state index is 12.5. The van der Waals surface area contributed by atoms with Gasteiger partial charge >= 0.3 is 6.03 Å². The van der Waals surface area contributed by atoms with E-state index < -0.39 is 0 Å². The van der Waals surface area contributed by atoms with Crippen LogP contribution in [0.15, 0.2) is 35.3 Å². The summed E-state index contributed by atoms with van der Waals surface area (Å²) in [6.07, 6.45) is 6.51. The lowest BCUT2D eigenvalue weighted by atomic mass is 9.90. The molecule has 2 atom stereocenters. The van der Waals surface area contributed by atoms with Crippen LogP contribution >= 0.6 is 0 Å². The molecule has 8 N–H and O–H groups in total. The number of nitrogens with one attached hydrogen (secondary N) is 4. The molecule has 9 nitrogen and oxygen atoms in total. The van der Waals surface area contributed by atoms with E-state index in [0.717, 1.165) is 49.8 Å². The number of H-pyrrole nitrogens is 1. The van der Waals surface area contributed by atoms with Crippen LogP contribution in [-0.2, 0) is 6.54 Å². The summed E-state index contributed by atoms with van der Waals surface area (Å²) < 4.78 is 0. The molecule has 30 heavy (non-hydrogen) atoms. The molecule has 1 aliphatic carbocycles. The van der Waals surface area contributed by atoms with Crippen molar-refractivity contribution < 1.29 is 4.79 Å². The molecule has 1 saturated carbocycles. The highest BCUT2D eigenvalue weighted by atomic mass is 16.2. The molecule has 2 unspecified atom stereocenters. The van der Waals surface area contributed by atoms with Crippen LogP contribution in [0.5, 0.6) is 0 Å². The molecule has 0 saturated heterocycles. The summed E-state index contributed by atoms with van der Waals surface area (Å²) >= 11 is 0. The summed E-state index contributed by atoms with van der Waals surface area (Å²) in [5, 5.41) is 9.12. The lowest BCUT2D eigenvalue weighted by Gasteiger charge is -2.33. The summed E-state index contributed by atoms with van der Waals surface area (Å²) in [6, 6.07) is 7.28. The molecule has 1 aromatic heterocycles. The number of nitrogens with zero attached hydrogens (tertiary/aromatic N) is 1. The lowest BCUT2D eigenvalue weighted by molar-refractivity contribution is 0.234. The Morgan fingerprint density at radius 1 is 1.13 bits per heavy atom. The Labute approximate surface area is 176 Å². The molecule has 9 heteroatoms. The van der Waals surface area contributed by atoms with Gasteiger partial charge in [0.15, 0.2) is 0 Å². The number of urea groups is 1. The van der Waals surface area contributed by atoms with E-state index in [2.05, 4.69) is 25.9 Å². The number of rotatable bonds is 8. The standard InChI is InChI=1S/C21H31N7O2/c22-10-3-11-24-17-4-1-2-5-18(17)26-21(30)28-20-25-13-16(19(29)27-20)15-8-6-14(12-23)7-9-15/h6-9,13,17-18,24H,1-5,10-12,22-23H2,(H3,25,26,27,28,29,30). The molecule has 0 bridgehead atoms. The summed E-state index contributed by atoms with van der Waals surface area (Å²) in [5.41, 5.74) is 13.0. The molecule has 3 rings (SSSR count). The molecule has 0 aliphatic heterocycles. The Bertz CT molecular complexity index is 882. The first-order valence-electron chi connectivity index (χ1n) is 10.5. The van der Waals surface area contributed by atoms with Crippen molar-refractivity contribution in [1.82, 2.24) is 20.6 Å². The average molecular weight is 414 g/mol. The van der Waals surface area contributed by atoms with Gasteiger partial charge in [-0.15, -0.1) is 0 Å². The van der Waals surface area contributed by atoms with Crippen LogP contribution in [0.2, 0.25) is 0 Å². The molecule has 1 heterocycles. The summed E-state index contributed by atoms with van der Waals surface area (Å²) in [6.45, 7) is 1.92. The Morgan fingerprint density at radius 2 is 1.87 bits per heavy atom. The van der Waals surface area contributed by atoms with Crippen LogP contribution in [0.1, 0.15) is 37.7 Å². The minimum Gasteiger partial charge on any atom is -0.333 e. The van der Waals surface area contributed by atoms with Crippen LogP contribution in [0.3, 0.4) is 0 Å². The fourth-order valence-electron chi connectivity index (χ4n) is 3.73. The van der Waals surface area contributed by atoms with Gasteiger partial charge in [-0.05, 0) is 43.5 Å². The smallest absolute Gasteiger partial charge is 0.321 e. The quantitative estimate of drug-likeness (QED) is 0.359. The first kappa shape index (κ1) is 21.9. The second-order valence-corrected chi connectivity index (χ2v) is 7.57. The van der Waals surface area contributed by atoms with Crippen molar-refractivity contribution in [2.45, 2.75) is 50.7 Å². The minimum atomic E-state index is -0.379. The van der Waals surface area contributed by atoms with Gasteiger partial charge in [-0.25, -0.2) is 9.78 Å². The molecule has 2 amide bonds. The third-order valence-electron chi connectivity index (χ3n) is 5.40. The van der Waals surface area contributed by atoms with Gasteiger partial charge in [0.1, 0.15) is 0 Å². The van der Waals surface area contributed by atoms with E-state index in [1.807, 2.05) is 24.3 Å². The molecule has 0 spiro atoms. The van der Waals surface area contributed by atoms with E-state index in [9.17, 15) is 9.59 Å². The largest absolute Gasteiger partial charge is 0.333 e. The number of carbonyl (C=O) groups excluding carboxylic acids is 1. The Morgan fingerprint density at radius 3 is 2.53 bits per heavy atom. The first-order valence-corrected chi connectivity index (χ1v) is 10.5. The number of hydrogen-bond acceptors (Lipinski definition) is 6. The molecule has 0 radical (unpaired) electrons. The van der Waals surface area contributed by atoms with Gasteiger partial charge in [0.25, 0.3) is 5.56 Å². The van der Waals surface area contributed by atoms with E-state index in [1.54, 1.807) is 0 Å². The number of benzene rings is 1. The van der Waals surface area contributed by atoms with Gasteiger partial charge in [0.2, 0.25) is 5.95 Å². The van der Waals surface area contributed by atoms with Crippen molar-refractivity contribution in [3.8, 4) is 11.1 Å². The summed E-state index contributed by atoms with van der Waals surface area (Å²) in [4.78, 5) is 31.7. The zero-order valence-corrected chi connectivity index (χ0v) is 17.1. The van der Waals surface area contributed by atoms with E-state index >= 15 is 0 Å². The van der Waals surface area contributed by atoms with Gasteiger partial charge in [0, 0.05) is 24.8 Å². The SMILES string of the molecule is NCCCNC1CCCCC1NC(=O)Nc1ncc(-c2ccc(CN)cc2)c(=O)[nH]1. The highest BCUT2D eigenvalue weighted by molar-refractivity contribution is 5.87. The monoisotopic (exact) mass is 413 g/mol. The molecule has 1 fully saturated rings. The van der Waals surface area contributed by atoms with Crippen LogP contribution in [0.4, 0.5) is 10.7 Å². The maximum Gasteiger partial charge on any atom is 0.321 e. The number of amides is 2. The van der Waals surface area contributed by atoms with Gasteiger partial charge in [-0.1, -0.05) is 37.1 Å². The number of hydrogen-bond donors (Lipinski definition) is 6. The molecule has 162 valence electrons. The second kappa shape index (κ2) is 10.9. The van der Waals surface area contributed by atoms with Crippen molar-refractivity contribution in [2.24, 2.45) is 11.5 Å². The summed E-state index contributed by atoms with van der Waals surface area (Å²) in [5.74, 6) is 0.114. The predicted octanol–water partition coefficient (Wildman–Crippen LogP) is 1.27. The number of aromatic nitrogens is 2. The van der Waals surface area contributed by atoms with Crippen molar-refractivity contribution >= 4 is 12.0 Å². The molecular weight excluding hydrogens is 382 g/mol. The van der Waals surface area contributed by atoms with E-state index in [-0.39, 0.29) is 29.6 Å². The molecular formula is C21H31N7O2. The van der Waals surface area contributed by atoms with Crippen LogP contribution in [-0.4, -0.2) is 41.2 Å². The molecule has 1 aliphatic rings. The first-order chi connectivity index (χ1) is 14.6. The highest BCUT2D eigenvalue weighted by Gasteiger charge is 2.26. The Hall–Kier alpha value is -2.75. The number of anilines is 1. The van der Waals surface area contributed by atoms with Crippen molar-refractivity contribution in [3.05, 3.63) is 46.4 Å². The molecule has 2 aromatic rings. The van der Waals surface area contributed by atoms with E-state index in [1.165, 1.54) is 6.20 Å². The fourth-order valence-corrected chi connectivity index (χ4v) is 3.73. The fraction of sp³-hybridized carbons (Fsp3) is 0.476. The Kier molecular flexibility index (Phi) is 7.95. The maximum atomic E-state index is 12.5. The van der Waals surface area contributed by atoms with Crippen molar-refractivity contribution in [2.75, 3.05) is 18.4 Å². The number of carbonyl (C=O) groups is 1. The number of nitrogens with two attached hydrogens (primary N) is 2.